The molecule has 0 unspecified atom stereocenters. The summed E-state index contributed by atoms with van der Waals surface area (Å²) in [5.41, 5.74) is -1.10. The van der Waals surface area contributed by atoms with Crippen LogP contribution in [0.25, 0.3) is 0 Å². The Bertz CT molecular complexity index is 504. The Labute approximate surface area is 122 Å². The molecule has 0 aromatic carbocycles. The predicted octanol–water partition coefficient (Wildman–Crippen LogP) is 2.78. The fraction of sp³-hybridized carbons (Fsp3) is 0.643. The molecule has 0 aliphatic heterocycles. The van der Waals surface area contributed by atoms with Gasteiger partial charge in [0.15, 0.2) is 0 Å². The van der Waals surface area contributed by atoms with Crippen LogP contribution in [0.5, 0.6) is 0 Å². The van der Waals surface area contributed by atoms with E-state index in [0.717, 1.165) is 24.3 Å². The minimum absolute atomic E-state index is 0.268. The second kappa shape index (κ2) is 5.91. The number of nitrogens with zero attached hydrogens (tertiary/aromatic N) is 1. The lowest BCUT2D eigenvalue weighted by atomic mass is 9.81. The van der Waals surface area contributed by atoms with Crippen LogP contribution in [0, 0.1) is 0 Å². The number of hydrogen-bond donors (Lipinski definition) is 2. The van der Waals surface area contributed by atoms with Gasteiger partial charge < -0.3 is 10.4 Å². The molecule has 1 aliphatic carbocycles. The summed E-state index contributed by atoms with van der Waals surface area (Å²) in [6, 6.07) is 0. The van der Waals surface area contributed by atoms with Crippen LogP contribution in [0.4, 0.5) is 0 Å². The van der Waals surface area contributed by atoms with Crippen molar-refractivity contribution in [3.63, 3.8) is 0 Å². The Hall–Kier alpha value is -1.43. The van der Waals surface area contributed by atoms with Gasteiger partial charge in [0.25, 0.3) is 5.91 Å². The lowest BCUT2D eigenvalue weighted by molar-refractivity contribution is -0.145. The topological polar surface area (TPSA) is 79.3 Å². The van der Waals surface area contributed by atoms with E-state index < -0.39 is 11.5 Å². The summed E-state index contributed by atoms with van der Waals surface area (Å²) in [6.07, 6.45) is 5.25. The van der Waals surface area contributed by atoms with E-state index in [1.165, 1.54) is 17.5 Å². The summed E-state index contributed by atoms with van der Waals surface area (Å²) in [5, 5.41) is 13.1. The molecule has 0 radical (unpaired) electrons. The van der Waals surface area contributed by atoms with Crippen molar-refractivity contribution in [3.05, 3.63) is 16.1 Å². The normalized spacial score (nSPS) is 17.9. The Morgan fingerprint density at radius 2 is 2.00 bits per heavy atom. The average Bonchev–Trinajstić information content (AvgIpc) is 2.89. The van der Waals surface area contributed by atoms with Gasteiger partial charge in [-0.1, -0.05) is 33.1 Å². The Morgan fingerprint density at radius 3 is 2.50 bits per heavy atom. The fourth-order valence-electron chi connectivity index (χ4n) is 2.49. The largest absolute Gasteiger partial charge is 0.480 e. The van der Waals surface area contributed by atoms with Gasteiger partial charge in [0, 0.05) is 5.92 Å². The number of thiazole rings is 1. The van der Waals surface area contributed by atoms with Crippen molar-refractivity contribution < 1.29 is 14.7 Å². The first-order valence-corrected chi connectivity index (χ1v) is 7.78. The first kappa shape index (κ1) is 15.0. The van der Waals surface area contributed by atoms with Gasteiger partial charge in [-0.25, -0.2) is 9.78 Å². The van der Waals surface area contributed by atoms with Gasteiger partial charge in [-0.05, 0) is 12.8 Å². The van der Waals surface area contributed by atoms with Gasteiger partial charge in [-0.15, -0.1) is 11.3 Å². The Balaban J connectivity index is 2.13. The molecule has 1 aromatic rings. The molecule has 110 valence electrons. The molecule has 1 aliphatic rings. The van der Waals surface area contributed by atoms with Crippen molar-refractivity contribution in [1.29, 1.82) is 0 Å². The van der Waals surface area contributed by atoms with Crippen LogP contribution in [0.15, 0.2) is 6.20 Å². The van der Waals surface area contributed by atoms with Crippen LogP contribution in [-0.2, 0) is 4.79 Å². The number of aliphatic carboxylic acids is 1. The molecule has 20 heavy (non-hydrogen) atoms. The SMILES string of the molecule is CC(C)c1ncc(C(=O)NC2(C(=O)O)CCCCC2)s1. The zero-order chi connectivity index (χ0) is 14.8. The molecule has 1 saturated carbocycles. The summed E-state index contributed by atoms with van der Waals surface area (Å²) in [6.45, 7) is 4.03. The Kier molecular flexibility index (Phi) is 4.42. The predicted molar refractivity (Wildman–Crippen MR) is 77.1 cm³/mol. The highest BCUT2D eigenvalue weighted by atomic mass is 32.1. The number of carbonyl (C=O) groups excluding carboxylic acids is 1. The van der Waals surface area contributed by atoms with Gasteiger partial charge in [-0.3, -0.25) is 4.79 Å². The molecule has 1 heterocycles. The third kappa shape index (κ3) is 3.00. The molecule has 1 aromatic heterocycles. The third-order valence-corrected chi connectivity index (χ3v) is 5.01. The molecule has 6 heteroatoms. The quantitative estimate of drug-likeness (QED) is 0.895. The summed E-state index contributed by atoms with van der Waals surface area (Å²) in [7, 11) is 0. The highest BCUT2D eigenvalue weighted by molar-refractivity contribution is 7.13. The maximum atomic E-state index is 12.3. The molecule has 2 N–H and O–H groups in total. The van der Waals surface area contributed by atoms with Crippen LogP contribution in [0.1, 0.15) is 66.5 Å². The smallest absolute Gasteiger partial charge is 0.329 e. The number of carbonyl (C=O) groups is 2. The summed E-state index contributed by atoms with van der Waals surface area (Å²) in [5.74, 6) is -0.984. The van der Waals surface area contributed by atoms with Crippen LogP contribution >= 0.6 is 11.3 Å². The molecule has 0 bridgehead atoms. The van der Waals surface area contributed by atoms with Crippen LogP contribution in [0.2, 0.25) is 0 Å². The van der Waals surface area contributed by atoms with Crippen LogP contribution in [0.3, 0.4) is 0 Å². The summed E-state index contributed by atoms with van der Waals surface area (Å²) < 4.78 is 0. The number of aromatic nitrogens is 1. The lowest BCUT2D eigenvalue weighted by Gasteiger charge is -2.33. The van der Waals surface area contributed by atoms with Crippen molar-refractivity contribution in [2.75, 3.05) is 0 Å². The third-order valence-electron chi connectivity index (χ3n) is 3.71. The minimum Gasteiger partial charge on any atom is -0.480 e. The highest BCUT2D eigenvalue weighted by Crippen LogP contribution is 2.29. The van der Waals surface area contributed by atoms with Crippen molar-refractivity contribution >= 4 is 23.2 Å². The first-order valence-electron chi connectivity index (χ1n) is 6.96. The van der Waals surface area contributed by atoms with Gasteiger partial charge in [-0.2, -0.15) is 0 Å². The standard InChI is InChI=1S/C14H20N2O3S/c1-9(2)12-15-8-10(20-12)11(17)16-14(13(18)19)6-4-3-5-7-14/h8-9H,3-7H2,1-2H3,(H,16,17)(H,18,19). The molecule has 0 saturated heterocycles. The molecule has 1 fully saturated rings. The zero-order valence-electron chi connectivity index (χ0n) is 11.8. The van der Waals surface area contributed by atoms with Crippen LogP contribution in [-0.4, -0.2) is 27.5 Å². The van der Waals surface area contributed by atoms with Crippen molar-refractivity contribution in [3.8, 4) is 0 Å². The highest BCUT2D eigenvalue weighted by Gasteiger charge is 2.41. The summed E-state index contributed by atoms with van der Waals surface area (Å²) >= 11 is 1.33. The first-order chi connectivity index (χ1) is 9.44. The lowest BCUT2D eigenvalue weighted by Crippen LogP contribution is -2.55. The molecular weight excluding hydrogens is 276 g/mol. The average molecular weight is 296 g/mol. The van der Waals surface area contributed by atoms with E-state index in [1.54, 1.807) is 0 Å². The monoisotopic (exact) mass is 296 g/mol. The number of nitrogens with one attached hydrogen (secondary N) is 1. The maximum Gasteiger partial charge on any atom is 0.329 e. The zero-order valence-corrected chi connectivity index (χ0v) is 12.6. The number of amides is 1. The van der Waals surface area contributed by atoms with Gasteiger partial charge >= 0.3 is 5.97 Å². The number of rotatable bonds is 4. The molecule has 1 amide bonds. The van der Waals surface area contributed by atoms with E-state index in [4.69, 9.17) is 0 Å². The van der Waals surface area contributed by atoms with Gasteiger partial charge in [0.05, 0.1) is 11.2 Å². The van der Waals surface area contributed by atoms with E-state index in [2.05, 4.69) is 10.3 Å². The molecular formula is C14H20N2O3S. The van der Waals surface area contributed by atoms with Crippen LogP contribution < -0.4 is 5.32 Å². The Morgan fingerprint density at radius 1 is 1.35 bits per heavy atom. The fourth-order valence-corrected chi connectivity index (χ4v) is 3.30. The van der Waals surface area contributed by atoms with Crippen molar-refractivity contribution in [1.82, 2.24) is 10.3 Å². The maximum absolute atomic E-state index is 12.3. The minimum atomic E-state index is -1.10. The summed E-state index contributed by atoms with van der Waals surface area (Å²) in [4.78, 5) is 28.5. The number of carboxylic acid groups (broad SMARTS) is 1. The van der Waals surface area contributed by atoms with E-state index in [9.17, 15) is 14.7 Å². The molecule has 0 spiro atoms. The van der Waals surface area contributed by atoms with Crippen molar-refractivity contribution in [2.24, 2.45) is 0 Å². The van der Waals surface area contributed by atoms with E-state index in [0.29, 0.717) is 17.7 Å². The molecule has 5 nitrogen and oxygen atoms in total. The second-order valence-corrected chi connectivity index (χ2v) is 6.68. The molecule has 2 rings (SSSR count). The van der Waals surface area contributed by atoms with Crippen molar-refractivity contribution in [2.45, 2.75) is 57.4 Å². The number of carboxylic acids is 1. The van der Waals surface area contributed by atoms with E-state index in [-0.39, 0.29) is 11.8 Å². The number of hydrogen-bond acceptors (Lipinski definition) is 4. The van der Waals surface area contributed by atoms with E-state index in [1.807, 2.05) is 13.8 Å². The van der Waals surface area contributed by atoms with Gasteiger partial charge in [0.2, 0.25) is 0 Å². The van der Waals surface area contributed by atoms with Gasteiger partial charge in [0.1, 0.15) is 10.4 Å². The second-order valence-electron chi connectivity index (χ2n) is 5.62. The molecule has 0 atom stereocenters. The van der Waals surface area contributed by atoms with E-state index >= 15 is 0 Å².